The average molecular weight is 426 g/mol. The molecule has 9 nitrogen and oxygen atoms in total. The van der Waals surface area contributed by atoms with Crippen molar-refractivity contribution in [3.05, 3.63) is 59.7 Å². The summed E-state index contributed by atoms with van der Waals surface area (Å²) in [6.45, 7) is 0.899. The summed E-state index contributed by atoms with van der Waals surface area (Å²) < 4.78 is 9.45. The Kier molecular flexibility index (Phi) is 8.44. The summed E-state index contributed by atoms with van der Waals surface area (Å²) >= 11 is 0. The molecule has 2 amide bonds. The van der Waals surface area contributed by atoms with Gasteiger partial charge in [-0.1, -0.05) is 12.1 Å². The van der Waals surface area contributed by atoms with Crippen LogP contribution in [0.5, 0.6) is 0 Å². The summed E-state index contributed by atoms with van der Waals surface area (Å²) in [5, 5.41) is 5.11. The van der Waals surface area contributed by atoms with E-state index in [1.807, 2.05) is 0 Å². The Labute approximate surface area is 178 Å². The van der Waals surface area contributed by atoms with Gasteiger partial charge in [-0.3, -0.25) is 19.2 Å². The molecule has 0 spiro atoms. The lowest BCUT2D eigenvalue weighted by Gasteiger charge is -2.08. The van der Waals surface area contributed by atoms with Crippen LogP contribution in [0.2, 0.25) is 0 Å². The highest BCUT2D eigenvalue weighted by molar-refractivity contribution is 5.98. The molecule has 0 saturated heterocycles. The van der Waals surface area contributed by atoms with Crippen molar-refractivity contribution in [3.8, 4) is 0 Å². The molecule has 0 bridgehead atoms. The van der Waals surface area contributed by atoms with Crippen molar-refractivity contribution in [2.75, 3.05) is 24.4 Å². The first-order chi connectivity index (χ1) is 14.8. The van der Waals surface area contributed by atoms with Gasteiger partial charge in [-0.05, 0) is 43.3 Å². The molecule has 2 aromatic rings. The minimum atomic E-state index is -0.705. The summed E-state index contributed by atoms with van der Waals surface area (Å²) in [5.41, 5.74) is 1.65. The van der Waals surface area contributed by atoms with Gasteiger partial charge < -0.3 is 20.1 Å². The lowest BCUT2D eigenvalue weighted by atomic mass is 10.1. The van der Waals surface area contributed by atoms with Crippen molar-refractivity contribution in [3.63, 3.8) is 0 Å². The lowest BCUT2D eigenvalue weighted by molar-refractivity contribution is -0.147. The zero-order chi connectivity index (χ0) is 22.8. The van der Waals surface area contributed by atoms with E-state index in [1.54, 1.807) is 18.2 Å². The number of carbonyl (C=O) groups excluding carboxylic acids is 5. The third-order valence-corrected chi connectivity index (χ3v) is 4.06. The second-order valence-electron chi connectivity index (χ2n) is 6.46. The van der Waals surface area contributed by atoms with Crippen LogP contribution in [0, 0.1) is 0 Å². The monoisotopic (exact) mass is 426 g/mol. The number of benzene rings is 2. The number of rotatable bonds is 9. The maximum absolute atomic E-state index is 11.9. The molecule has 0 heterocycles. The van der Waals surface area contributed by atoms with Gasteiger partial charge in [0.1, 0.15) is 0 Å². The fraction of sp³-hybridized carbons (Fsp3) is 0.227. The predicted octanol–water partition coefficient (Wildman–Crippen LogP) is 2.58. The van der Waals surface area contributed by atoms with Crippen LogP contribution in [0.15, 0.2) is 48.5 Å². The number of methoxy groups -OCH3 is 1. The second-order valence-corrected chi connectivity index (χ2v) is 6.46. The molecule has 2 rings (SSSR count). The number of esters is 2. The Morgan fingerprint density at radius 2 is 1.48 bits per heavy atom. The zero-order valence-electron chi connectivity index (χ0n) is 17.1. The second kappa shape index (κ2) is 11.2. The first-order valence-electron chi connectivity index (χ1n) is 9.33. The number of amides is 2. The van der Waals surface area contributed by atoms with Crippen molar-refractivity contribution in [2.45, 2.75) is 19.8 Å². The maximum atomic E-state index is 11.9. The molecule has 0 atom stereocenters. The molecule has 0 aliphatic heterocycles. The Morgan fingerprint density at radius 1 is 0.806 bits per heavy atom. The summed E-state index contributed by atoms with van der Waals surface area (Å²) in [4.78, 5) is 58.3. The van der Waals surface area contributed by atoms with Gasteiger partial charge in [0.15, 0.2) is 12.4 Å². The standard InChI is InChI=1S/C22H22N2O7/c1-14(25)16-4-3-5-18(12-16)24-20(27)13-31-21(28)11-10-19(26)23-17-8-6-15(7-9-17)22(29)30-2/h3-9,12H,10-11,13H2,1-2H3,(H,23,26)(H,24,27). The van der Waals surface area contributed by atoms with Gasteiger partial charge in [0.2, 0.25) is 5.91 Å². The van der Waals surface area contributed by atoms with Gasteiger partial charge in [-0.2, -0.15) is 0 Å². The van der Waals surface area contributed by atoms with E-state index in [0.717, 1.165) is 0 Å². The van der Waals surface area contributed by atoms with Crippen LogP contribution in [0.1, 0.15) is 40.5 Å². The Bertz CT molecular complexity index is 984. The van der Waals surface area contributed by atoms with E-state index in [-0.39, 0.29) is 18.6 Å². The van der Waals surface area contributed by atoms with Crippen molar-refractivity contribution in [1.29, 1.82) is 0 Å². The quantitative estimate of drug-likeness (QED) is 0.466. The zero-order valence-corrected chi connectivity index (χ0v) is 17.1. The van der Waals surface area contributed by atoms with Gasteiger partial charge in [-0.15, -0.1) is 0 Å². The highest BCUT2D eigenvalue weighted by Gasteiger charge is 2.12. The molecule has 0 unspecified atom stereocenters. The van der Waals surface area contributed by atoms with E-state index in [0.29, 0.717) is 22.5 Å². The fourth-order valence-corrected chi connectivity index (χ4v) is 2.48. The molecule has 2 aromatic carbocycles. The molecule has 0 fully saturated rings. The molecule has 9 heteroatoms. The van der Waals surface area contributed by atoms with Gasteiger partial charge in [0, 0.05) is 23.4 Å². The van der Waals surface area contributed by atoms with Crippen LogP contribution in [-0.2, 0) is 23.9 Å². The third kappa shape index (κ3) is 7.73. The first kappa shape index (κ1) is 23.3. The van der Waals surface area contributed by atoms with Crippen LogP contribution in [0.4, 0.5) is 11.4 Å². The van der Waals surface area contributed by atoms with E-state index >= 15 is 0 Å². The summed E-state index contributed by atoms with van der Waals surface area (Å²) in [6, 6.07) is 12.4. The van der Waals surface area contributed by atoms with Crippen molar-refractivity contribution in [2.24, 2.45) is 0 Å². The topological polar surface area (TPSA) is 128 Å². The first-order valence-corrected chi connectivity index (χ1v) is 9.33. The molecule has 0 aromatic heterocycles. The van der Waals surface area contributed by atoms with E-state index in [2.05, 4.69) is 15.4 Å². The van der Waals surface area contributed by atoms with Crippen LogP contribution < -0.4 is 10.6 Å². The molecule has 162 valence electrons. The molecule has 0 radical (unpaired) electrons. The van der Waals surface area contributed by atoms with Gasteiger partial charge in [0.25, 0.3) is 5.91 Å². The van der Waals surface area contributed by atoms with Gasteiger partial charge >= 0.3 is 11.9 Å². The normalized spacial score (nSPS) is 10.0. The predicted molar refractivity (Wildman–Crippen MR) is 112 cm³/mol. The van der Waals surface area contributed by atoms with Gasteiger partial charge in [0.05, 0.1) is 19.1 Å². The Balaban J connectivity index is 1.72. The number of ether oxygens (including phenoxy) is 2. The molecule has 2 N–H and O–H groups in total. The number of hydrogen-bond donors (Lipinski definition) is 2. The van der Waals surface area contributed by atoms with Crippen molar-refractivity contribution >= 4 is 40.9 Å². The Morgan fingerprint density at radius 3 is 2.13 bits per heavy atom. The maximum Gasteiger partial charge on any atom is 0.337 e. The summed E-state index contributed by atoms with van der Waals surface area (Å²) in [5.74, 6) is -2.32. The van der Waals surface area contributed by atoms with Crippen LogP contribution in [0.3, 0.4) is 0 Å². The van der Waals surface area contributed by atoms with Crippen LogP contribution in [-0.4, -0.2) is 43.3 Å². The highest BCUT2D eigenvalue weighted by Crippen LogP contribution is 2.12. The van der Waals surface area contributed by atoms with E-state index in [9.17, 15) is 24.0 Å². The van der Waals surface area contributed by atoms with Crippen molar-refractivity contribution in [1.82, 2.24) is 0 Å². The third-order valence-electron chi connectivity index (χ3n) is 4.06. The summed E-state index contributed by atoms with van der Waals surface area (Å²) in [7, 11) is 1.27. The smallest absolute Gasteiger partial charge is 0.337 e. The largest absolute Gasteiger partial charge is 0.465 e. The molecule has 0 aliphatic rings. The SMILES string of the molecule is COC(=O)c1ccc(NC(=O)CCC(=O)OCC(=O)Nc2cccc(C(C)=O)c2)cc1. The minimum Gasteiger partial charge on any atom is -0.465 e. The van der Waals surface area contributed by atoms with Gasteiger partial charge in [-0.25, -0.2) is 4.79 Å². The van der Waals surface area contributed by atoms with E-state index in [1.165, 1.54) is 44.4 Å². The van der Waals surface area contributed by atoms with Crippen LogP contribution in [0.25, 0.3) is 0 Å². The molecule has 0 saturated carbocycles. The Hall–Kier alpha value is -4.01. The number of carbonyl (C=O) groups is 5. The molecule has 31 heavy (non-hydrogen) atoms. The lowest BCUT2D eigenvalue weighted by Crippen LogP contribution is -2.22. The molecular formula is C22H22N2O7. The minimum absolute atomic E-state index is 0.139. The molecular weight excluding hydrogens is 404 g/mol. The summed E-state index contributed by atoms with van der Waals surface area (Å²) in [6.07, 6.45) is -0.348. The number of nitrogens with one attached hydrogen (secondary N) is 2. The number of anilines is 2. The number of ketones is 1. The number of hydrogen-bond acceptors (Lipinski definition) is 7. The number of Topliss-reactive ketones (excluding diaryl/α,β-unsaturated/α-hetero) is 1. The van der Waals surface area contributed by atoms with E-state index < -0.39 is 30.4 Å². The highest BCUT2D eigenvalue weighted by atomic mass is 16.5. The fourth-order valence-electron chi connectivity index (χ4n) is 2.48. The molecule has 0 aliphatic carbocycles. The van der Waals surface area contributed by atoms with E-state index in [4.69, 9.17) is 4.74 Å². The van der Waals surface area contributed by atoms with Crippen LogP contribution >= 0.6 is 0 Å². The average Bonchev–Trinajstić information content (AvgIpc) is 2.76. The van der Waals surface area contributed by atoms with Crippen molar-refractivity contribution < 1.29 is 33.4 Å².